The number of rotatable bonds is 5. The van der Waals surface area contributed by atoms with E-state index in [0.29, 0.717) is 28.9 Å². The number of carboxylic acid groups (broad SMARTS) is 1. The lowest BCUT2D eigenvalue weighted by atomic mass is 9.82. The average molecular weight is 450 g/mol. The van der Waals surface area contributed by atoms with E-state index in [0.717, 1.165) is 42.9 Å². The number of anilines is 1. The molecular weight excluding hydrogens is 425 g/mol. The second-order valence-electron chi connectivity index (χ2n) is 8.03. The Labute approximate surface area is 186 Å². The van der Waals surface area contributed by atoms with E-state index in [9.17, 15) is 9.90 Å². The van der Waals surface area contributed by atoms with Crippen LogP contribution >= 0.6 is 23.2 Å². The van der Waals surface area contributed by atoms with Crippen LogP contribution in [0.5, 0.6) is 5.75 Å². The van der Waals surface area contributed by atoms with Gasteiger partial charge in [0.15, 0.2) is 5.75 Å². The van der Waals surface area contributed by atoms with Crippen LogP contribution in [0.4, 0.5) is 5.82 Å². The highest BCUT2D eigenvalue weighted by Crippen LogP contribution is 2.36. The Bertz CT molecular complexity index is 899. The molecule has 0 saturated carbocycles. The summed E-state index contributed by atoms with van der Waals surface area (Å²) in [5, 5.41) is 13.7. The number of aryl methyl sites for hydroxylation is 1. The number of aliphatic carboxylic acids is 1. The SMILES string of the molecule is Cc1cc(Cl)c(O[C@@H]2CCN(c3ccc([C@H]4CCNC[C@@H]4C(=O)O)cn3)C2)c(Cl)c1. The van der Waals surface area contributed by atoms with Crippen molar-refractivity contribution in [2.45, 2.75) is 31.8 Å². The van der Waals surface area contributed by atoms with Crippen molar-refractivity contribution in [1.82, 2.24) is 10.3 Å². The zero-order chi connectivity index (χ0) is 21.3. The summed E-state index contributed by atoms with van der Waals surface area (Å²) < 4.78 is 6.10. The Kier molecular flexibility index (Phi) is 6.37. The largest absolute Gasteiger partial charge is 0.485 e. The maximum absolute atomic E-state index is 11.6. The molecule has 160 valence electrons. The van der Waals surface area contributed by atoms with Gasteiger partial charge in [-0.1, -0.05) is 29.3 Å². The third-order valence-electron chi connectivity index (χ3n) is 5.89. The number of hydrogen-bond acceptors (Lipinski definition) is 5. The molecule has 0 unspecified atom stereocenters. The van der Waals surface area contributed by atoms with Crippen LogP contribution in [0, 0.1) is 12.8 Å². The molecule has 2 N–H and O–H groups in total. The van der Waals surface area contributed by atoms with E-state index < -0.39 is 11.9 Å². The summed E-state index contributed by atoms with van der Waals surface area (Å²) in [6, 6.07) is 7.68. The number of ether oxygens (including phenoxy) is 1. The Morgan fingerprint density at radius 1 is 1.27 bits per heavy atom. The highest BCUT2D eigenvalue weighted by atomic mass is 35.5. The molecule has 8 heteroatoms. The van der Waals surface area contributed by atoms with E-state index in [-0.39, 0.29) is 12.0 Å². The van der Waals surface area contributed by atoms with Gasteiger partial charge in [-0.2, -0.15) is 0 Å². The van der Waals surface area contributed by atoms with Crippen LogP contribution in [-0.2, 0) is 4.79 Å². The lowest BCUT2D eigenvalue weighted by Gasteiger charge is -2.29. The minimum atomic E-state index is -0.760. The number of piperidine rings is 1. The number of nitrogens with zero attached hydrogens (tertiary/aromatic N) is 2. The number of pyridine rings is 1. The highest BCUT2D eigenvalue weighted by molar-refractivity contribution is 6.37. The number of hydrogen-bond donors (Lipinski definition) is 2. The van der Waals surface area contributed by atoms with Gasteiger partial charge in [0.25, 0.3) is 0 Å². The van der Waals surface area contributed by atoms with E-state index in [2.05, 4.69) is 15.2 Å². The van der Waals surface area contributed by atoms with Crippen molar-refractivity contribution < 1.29 is 14.6 Å². The minimum Gasteiger partial charge on any atom is -0.485 e. The van der Waals surface area contributed by atoms with Gasteiger partial charge in [0.1, 0.15) is 11.9 Å². The molecule has 0 amide bonds. The van der Waals surface area contributed by atoms with Crippen LogP contribution in [0.1, 0.15) is 29.9 Å². The Balaban J connectivity index is 1.42. The first kappa shape index (κ1) is 21.2. The highest BCUT2D eigenvalue weighted by Gasteiger charge is 2.32. The molecule has 30 heavy (non-hydrogen) atoms. The summed E-state index contributed by atoms with van der Waals surface area (Å²) in [6.07, 6.45) is 3.45. The summed E-state index contributed by atoms with van der Waals surface area (Å²) in [5.41, 5.74) is 1.98. The summed E-state index contributed by atoms with van der Waals surface area (Å²) in [4.78, 5) is 18.4. The topological polar surface area (TPSA) is 74.7 Å². The molecule has 0 aliphatic carbocycles. The predicted octanol–water partition coefficient (Wildman–Crippen LogP) is 4.13. The van der Waals surface area contributed by atoms with Crippen molar-refractivity contribution in [3.8, 4) is 5.75 Å². The molecule has 2 aliphatic rings. The molecule has 0 radical (unpaired) electrons. The predicted molar refractivity (Wildman–Crippen MR) is 118 cm³/mol. The molecule has 3 atom stereocenters. The number of carboxylic acids is 1. The number of carbonyl (C=O) groups is 1. The average Bonchev–Trinajstić information content (AvgIpc) is 3.19. The standard InChI is InChI=1S/C22H25Cl2N3O3/c1-13-8-18(23)21(19(24)9-13)30-15-5-7-27(12-15)20-3-2-14(10-26-20)16-4-6-25-11-17(16)22(28)29/h2-3,8-10,15-17,25H,4-7,11-12H2,1H3,(H,28,29)/t15-,16-,17+/m1/s1. The van der Waals surface area contributed by atoms with E-state index in [1.807, 2.05) is 37.4 Å². The first-order chi connectivity index (χ1) is 14.4. The van der Waals surface area contributed by atoms with Gasteiger partial charge in [0.2, 0.25) is 0 Å². The third kappa shape index (κ3) is 4.51. The fourth-order valence-corrected chi connectivity index (χ4v) is 5.00. The third-order valence-corrected chi connectivity index (χ3v) is 6.46. The summed E-state index contributed by atoms with van der Waals surface area (Å²) >= 11 is 12.6. The molecule has 2 aromatic rings. The van der Waals surface area contributed by atoms with Crippen molar-refractivity contribution in [2.75, 3.05) is 31.1 Å². The molecule has 6 nitrogen and oxygen atoms in total. The van der Waals surface area contributed by atoms with Gasteiger partial charge < -0.3 is 20.1 Å². The molecule has 1 aromatic heterocycles. The monoisotopic (exact) mass is 449 g/mol. The quantitative estimate of drug-likeness (QED) is 0.714. The molecule has 1 aromatic carbocycles. The molecule has 3 heterocycles. The van der Waals surface area contributed by atoms with E-state index in [1.165, 1.54) is 0 Å². The van der Waals surface area contributed by atoms with Crippen LogP contribution in [0.3, 0.4) is 0 Å². The van der Waals surface area contributed by atoms with Crippen LogP contribution in [0.2, 0.25) is 10.0 Å². The van der Waals surface area contributed by atoms with Gasteiger partial charge >= 0.3 is 5.97 Å². The van der Waals surface area contributed by atoms with Gasteiger partial charge in [0.05, 0.1) is 22.5 Å². The van der Waals surface area contributed by atoms with Gasteiger partial charge in [0, 0.05) is 31.6 Å². The molecule has 4 rings (SSSR count). The maximum Gasteiger partial charge on any atom is 0.308 e. The van der Waals surface area contributed by atoms with Crippen LogP contribution in [0.25, 0.3) is 0 Å². The van der Waals surface area contributed by atoms with E-state index in [1.54, 1.807) is 0 Å². The smallest absolute Gasteiger partial charge is 0.308 e. The second-order valence-corrected chi connectivity index (χ2v) is 8.84. The minimum absolute atomic E-state index is 0.00854. The molecule has 2 saturated heterocycles. The number of benzene rings is 1. The van der Waals surface area contributed by atoms with Gasteiger partial charge in [-0.25, -0.2) is 4.98 Å². The van der Waals surface area contributed by atoms with Crippen molar-refractivity contribution in [2.24, 2.45) is 5.92 Å². The summed E-state index contributed by atoms with van der Waals surface area (Å²) in [6.45, 7) is 4.78. The lowest BCUT2D eigenvalue weighted by molar-refractivity contribution is -0.142. The first-order valence-electron chi connectivity index (χ1n) is 10.2. The number of halogens is 2. The molecular formula is C22H25Cl2N3O3. The zero-order valence-electron chi connectivity index (χ0n) is 16.8. The number of nitrogens with one attached hydrogen (secondary N) is 1. The lowest BCUT2D eigenvalue weighted by Crippen LogP contribution is -2.39. The summed E-state index contributed by atoms with van der Waals surface area (Å²) in [5.74, 6) is 0.214. The fourth-order valence-electron chi connectivity index (χ4n) is 4.32. The van der Waals surface area contributed by atoms with Crippen LogP contribution in [0.15, 0.2) is 30.5 Å². The second kappa shape index (κ2) is 9.00. The normalized spacial score (nSPS) is 24.1. The maximum atomic E-state index is 11.6. The van der Waals surface area contributed by atoms with Crippen LogP contribution in [-0.4, -0.2) is 48.3 Å². The number of aromatic nitrogens is 1. The van der Waals surface area contributed by atoms with Gasteiger partial charge in [-0.15, -0.1) is 0 Å². The zero-order valence-corrected chi connectivity index (χ0v) is 18.3. The molecule has 2 aliphatic heterocycles. The van der Waals surface area contributed by atoms with Crippen molar-refractivity contribution in [3.63, 3.8) is 0 Å². The van der Waals surface area contributed by atoms with Gasteiger partial charge in [-0.05, 0) is 49.2 Å². The molecule has 2 fully saturated rings. The fraction of sp³-hybridized carbons (Fsp3) is 0.455. The first-order valence-corrected chi connectivity index (χ1v) is 10.9. The summed E-state index contributed by atoms with van der Waals surface area (Å²) in [7, 11) is 0. The Hall–Kier alpha value is -2.02. The van der Waals surface area contributed by atoms with E-state index >= 15 is 0 Å². The van der Waals surface area contributed by atoms with Crippen LogP contribution < -0.4 is 15.0 Å². The molecule has 0 bridgehead atoms. The van der Waals surface area contributed by atoms with Crippen molar-refractivity contribution in [1.29, 1.82) is 0 Å². The van der Waals surface area contributed by atoms with E-state index in [4.69, 9.17) is 27.9 Å². The Morgan fingerprint density at radius 2 is 2.03 bits per heavy atom. The van der Waals surface area contributed by atoms with Crippen molar-refractivity contribution in [3.05, 3.63) is 51.6 Å². The van der Waals surface area contributed by atoms with Gasteiger partial charge in [-0.3, -0.25) is 4.79 Å². The van der Waals surface area contributed by atoms with Crippen molar-refractivity contribution >= 4 is 35.0 Å². The Morgan fingerprint density at radius 3 is 2.70 bits per heavy atom. The molecule has 0 spiro atoms.